The molecule has 0 amide bonds. The highest BCUT2D eigenvalue weighted by Gasteiger charge is 2.43. The number of anilines is 1. The molecule has 6 nitrogen and oxygen atoms in total. The van der Waals surface area contributed by atoms with E-state index >= 15 is 0 Å². The van der Waals surface area contributed by atoms with E-state index in [1.54, 1.807) is 25.4 Å². The first-order valence-electron chi connectivity index (χ1n) is 11.3. The number of hydrogen-bond acceptors (Lipinski definition) is 6. The van der Waals surface area contributed by atoms with Crippen molar-refractivity contribution in [2.45, 2.75) is 50.7 Å². The standard InChI is InChI=1S/C26H26F3N3O3/c1-13-9-14(11-22(34)26(13,2)35)16-7-8-31-12-15(16)10-21(33)20-6-4-18(28)25(32-20)23-17(27)3-5-19(30)24(23)29/h3-8,12-14,22,34-35H,9-11,30H2,1-2H3/t13-,14+,22+,26+/m1/s1. The van der Waals surface area contributed by atoms with Crippen molar-refractivity contribution in [1.29, 1.82) is 0 Å². The maximum Gasteiger partial charge on any atom is 0.185 e. The lowest BCUT2D eigenvalue weighted by Gasteiger charge is -2.43. The molecule has 0 saturated heterocycles. The molecule has 1 aromatic carbocycles. The highest BCUT2D eigenvalue weighted by Crippen LogP contribution is 2.42. The van der Waals surface area contributed by atoms with Gasteiger partial charge >= 0.3 is 0 Å². The van der Waals surface area contributed by atoms with E-state index in [4.69, 9.17) is 5.73 Å². The summed E-state index contributed by atoms with van der Waals surface area (Å²) in [5, 5.41) is 21.0. The van der Waals surface area contributed by atoms with E-state index in [9.17, 15) is 28.2 Å². The molecule has 1 fully saturated rings. The van der Waals surface area contributed by atoms with Crippen molar-refractivity contribution >= 4 is 11.5 Å². The summed E-state index contributed by atoms with van der Waals surface area (Å²) in [6.45, 7) is 3.47. The van der Waals surface area contributed by atoms with Crippen LogP contribution in [0.3, 0.4) is 0 Å². The summed E-state index contributed by atoms with van der Waals surface area (Å²) >= 11 is 0. The van der Waals surface area contributed by atoms with Gasteiger partial charge in [0.25, 0.3) is 0 Å². The fourth-order valence-corrected chi connectivity index (χ4v) is 4.66. The van der Waals surface area contributed by atoms with Crippen molar-refractivity contribution in [1.82, 2.24) is 9.97 Å². The molecule has 184 valence electrons. The average Bonchev–Trinajstić information content (AvgIpc) is 2.81. The Labute approximate surface area is 200 Å². The Morgan fingerprint density at radius 3 is 2.57 bits per heavy atom. The number of carbonyl (C=O) groups excluding carboxylic acids is 1. The van der Waals surface area contributed by atoms with Crippen molar-refractivity contribution in [3.8, 4) is 11.3 Å². The van der Waals surface area contributed by atoms with Crippen LogP contribution < -0.4 is 5.73 Å². The van der Waals surface area contributed by atoms with Gasteiger partial charge in [0.15, 0.2) is 11.6 Å². The summed E-state index contributed by atoms with van der Waals surface area (Å²) in [7, 11) is 0. The number of aliphatic hydroxyl groups is 2. The van der Waals surface area contributed by atoms with Crippen molar-refractivity contribution in [3.63, 3.8) is 0 Å². The lowest BCUT2D eigenvalue weighted by atomic mass is 9.68. The Kier molecular flexibility index (Phi) is 6.66. The van der Waals surface area contributed by atoms with Crippen LogP contribution in [0.25, 0.3) is 11.3 Å². The lowest BCUT2D eigenvalue weighted by Crippen LogP contribution is -2.49. The number of pyridine rings is 2. The predicted octanol–water partition coefficient (Wildman–Crippen LogP) is 4.19. The van der Waals surface area contributed by atoms with Gasteiger partial charge < -0.3 is 15.9 Å². The first-order chi connectivity index (χ1) is 16.5. The van der Waals surface area contributed by atoms with Crippen LogP contribution in [0.15, 0.2) is 42.7 Å². The molecule has 1 aliphatic rings. The summed E-state index contributed by atoms with van der Waals surface area (Å²) in [4.78, 5) is 21.1. The number of nitrogens with zero attached hydrogens (tertiary/aromatic N) is 2. The topological polar surface area (TPSA) is 109 Å². The molecule has 0 aliphatic heterocycles. The van der Waals surface area contributed by atoms with Crippen molar-refractivity contribution in [3.05, 3.63) is 77.0 Å². The number of benzene rings is 1. The fourth-order valence-electron chi connectivity index (χ4n) is 4.66. The van der Waals surface area contributed by atoms with E-state index in [0.29, 0.717) is 18.4 Å². The minimum Gasteiger partial charge on any atom is -0.396 e. The Morgan fingerprint density at radius 1 is 1.14 bits per heavy atom. The van der Waals surface area contributed by atoms with E-state index in [-0.39, 0.29) is 29.6 Å². The number of nitrogens with two attached hydrogens (primary N) is 1. The molecule has 0 bridgehead atoms. The molecule has 3 aromatic rings. The van der Waals surface area contributed by atoms with Crippen LogP contribution in [0.4, 0.5) is 18.9 Å². The number of nitrogen functional groups attached to an aromatic ring is 1. The van der Waals surface area contributed by atoms with Gasteiger partial charge in [-0.05, 0) is 73.1 Å². The number of ketones is 1. The van der Waals surface area contributed by atoms with Crippen LogP contribution in [0, 0.1) is 23.4 Å². The van der Waals surface area contributed by atoms with E-state index in [0.717, 1.165) is 29.8 Å². The zero-order chi connectivity index (χ0) is 25.5. The third kappa shape index (κ3) is 4.66. The van der Waals surface area contributed by atoms with Gasteiger partial charge in [0.2, 0.25) is 0 Å². The van der Waals surface area contributed by atoms with Crippen LogP contribution in [0.1, 0.15) is 54.2 Å². The van der Waals surface area contributed by atoms with Crippen LogP contribution in [-0.2, 0) is 6.42 Å². The molecule has 1 aliphatic carbocycles. The minimum atomic E-state index is -1.21. The normalized spacial score (nSPS) is 24.4. The van der Waals surface area contributed by atoms with Crippen LogP contribution in [0.2, 0.25) is 0 Å². The van der Waals surface area contributed by atoms with Crippen molar-refractivity contribution < 1.29 is 28.2 Å². The van der Waals surface area contributed by atoms with Gasteiger partial charge in [0, 0.05) is 18.8 Å². The molecule has 35 heavy (non-hydrogen) atoms. The van der Waals surface area contributed by atoms with E-state index in [1.807, 2.05) is 6.92 Å². The number of hydrogen-bond donors (Lipinski definition) is 3. The Morgan fingerprint density at radius 2 is 1.86 bits per heavy atom. The first-order valence-corrected chi connectivity index (χ1v) is 11.3. The first kappa shape index (κ1) is 24.8. The quantitative estimate of drug-likeness (QED) is 0.369. The zero-order valence-electron chi connectivity index (χ0n) is 19.3. The fraction of sp³-hybridized carbons (Fsp3) is 0.346. The number of halogens is 3. The molecule has 1 saturated carbocycles. The second-order valence-electron chi connectivity index (χ2n) is 9.34. The van der Waals surface area contributed by atoms with Gasteiger partial charge in [0.1, 0.15) is 23.0 Å². The van der Waals surface area contributed by atoms with E-state index in [2.05, 4.69) is 9.97 Å². The summed E-state index contributed by atoms with van der Waals surface area (Å²) in [5.74, 6) is -4.00. The SMILES string of the molecule is C[C@@H]1C[C@H](c2ccncc2CC(=O)c2ccc(F)c(-c3c(F)ccc(N)c3F)n2)C[C@H](O)[C@@]1(C)O. The number of rotatable bonds is 5. The second kappa shape index (κ2) is 9.39. The van der Waals surface area contributed by atoms with Gasteiger partial charge in [-0.25, -0.2) is 18.2 Å². The van der Waals surface area contributed by atoms with E-state index < -0.39 is 46.2 Å². The molecule has 4 N–H and O–H groups in total. The van der Waals surface area contributed by atoms with Crippen LogP contribution in [0.5, 0.6) is 0 Å². The minimum absolute atomic E-state index is 0.113. The summed E-state index contributed by atoms with van der Waals surface area (Å²) in [6.07, 6.45) is 2.97. The molecule has 0 unspecified atom stereocenters. The monoisotopic (exact) mass is 485 g/mol. The summed E-state index contributed by atoms with van der Waals surface area (Å²) in [6, 6.07) is 5.79. The number of Topliss-reactive ketones (excluding diaryl/α,β-unsaturated/α-hetero) is 1. The molecular formula is C26H26F3N3O3. The third-order valence-corrected chi connectivity index (χ3v) is 7.04. The third-order valence-electron chi connectivity index (χ3n) is 7.04. The van der Waals surface area contributed by atoms with Gasteiger partial charge in [-0.1, -0.05) is 6.92 Å². The lowest BCUT2D eigenvalue weighted by molar-refractivity contribution is -0.123. The maximum atomic E-state index is 14.5. The molecule has 0 radical (unpaired) electrons. The van der Waals surface area contributed by atoms with E-state index in [1.165, 1.54) is 0 Å². The van der Waals surface area contributed by atoms with Crippen LogP contribution in [-0.4, -0.2) is 37.7 Å². The van der Waals surface area contributed by atoms with Gasteiger partial charge in [0.05, 0.1) is 23.0 Å². The average molecular weight is 486 g/mol. The van der Waals surface area contributed by atoms with Crippen molar-refractivity contribution in [2.24, 2.45) is 5.92 Å². The summed E-state index contributed by atoms with van der Waals surface area (Å²) in [5.41, 5.74) is 3.77. The molecule has 9 heteroatoms. The summed E-state index contributed by atoms with van der Waals surface area (Å²) < 4.78 is 43.3. The largest absolute Gasteiger partial charge is 0.396 e. The molecule has 4 atom stereocenters. The van der Waals surface area contributed by atoms with Gasteiger partial charge in [-0.3, -0.25) is 9.78 Å². The molecular weight excluding hydrogens is 459 g/mol. The number of aliphatic hydroxyl groups excluding tert-OH is 1. The Hall–Kier alpha value is -3.30. The van der Waals surface area contributed by atoms with Crippen LogP contribution >= 0.6 is 0 Å². The highest BCUT2D eigenvalue weighted by atomic mass is 19.1. The molecule has 4 rings (SSSR count). The zero-order valence-corrected chi connectivity index (χ0v) is 19.3. The van der Waals surface area contributed by atoms with Gasteiger partial charge in [-0.15, -0.1) is 0 Å². The smallest absolute Gasteiger partial charge is 0.185 e. The Bertz CT molecular complexity index is 1270. The predicted molar refractivity (Wildman–Crippen MR) is 124 cm³/mol. The highest BCUT2D eigenvalue weighted by molar-refractivity contribution is 5.96. The Balaban J connectivity index is 1.64. The van der Waals surface area contributed by atoms with Gasteiger partial charge in [-0.2, -0.15) is 0 Å². The maximum absolute atomic E-state index is 14.5. The second-order valence-corrected chi connectivity index (χ2v) is 9.34. The molecule has 0 spiro atoms. The number of aromatic nitrogens is 2. The van der Waals surface area contributed by atoms with Crippen molar-refractivity contribution in [2.75, 3.05) is 5.73 Å². The molecule has 2 aromatic heterocycles. The molecule has 2 heterocycles. The number of carbonyl (C=O) groups is 1.